The molecule has 0 fully saturated rings. The summed E-state index contributed by atoms with van der Waals surface area (Å²) in [5, 5.41) is 23.1. The minimum Gasteiger partial charge on any atom is -0.381 e. The molecule has 2 heterocycles. The maximum Gasteiger partial charge on any atom is 0.255 e. The summed E-state index contributed by atoms with van der Waals surface area (Å²) in [6, 6.07) is 8.48. The van der Waals surface area contributed by atoms with E-state index in [9.17, 15) is 18.7 Å². The number of carbonyl (C=O) groups excluding carboxylic acids is 1. The van der Waals surface area contributed by atoms with Crippen molar-refractivity contribution in [2.75, 3.05) is 5.32 Å². The fraction of sp³-hybridized carbons (Fsp3) is 0.182. The molecule has 8 nitrogen and oxygen atoms in total. The van der Waals surface area contributed by atoms with Crippen LogP contribution < -0.4 is 5.32 Å². The zero-order chi connectivity index (χ0) is 23.6. The van der Waals surface area contributed by atoms with Crippen molar-refractivity contribution in [1.29, 1.82) is 0 Å². The minimum atomic E-state index is -1.88. The quantitative estimate of drug-likeness (QED) is 0.426. The summed E-state index contributed by atoms with van der Waals surface area (Å²) in [6.07, 6.45) is 5.57. The van der Waals surface area contributed by atoms with Gasteiger partial charge in [-0.05, 0) is 37.3 Å². The van der Waals surface area contributed by atoms with Gasteiger partial charge in [-0.15, -0.1) is 0 Å². The second kappa shape index (κ2) is 9.08. The first kappa shape index (κ1) is 22.6. The van der Waals surface area contributed by atoms with Crippen LogP contribution in [0, 0.1) is 11.6 Å². The van der Waals surface area contributed by atoms with Crippen molar-refractivity contribution in [2.45, 2.75) is 25.1 Å². The van der Waals surface area contributed by atoms with Crippen LogP contribution in [0.3, 0.4) is 0 Å². The summed E-state index contributed by atoms with van der Waals surface area (Å²) in [5.74, 6) is -2.05. The Labute approximate surface area is 192 Å². The van der Waals surface area contributed by atoms with E-state index >= 15 is 0 Å². The van der Waals surface area contributed by atoms with Crippen molar-refractivity contribution < 1.29 is 18.7 Å². The summed E-state index contributed by atoms with van der Waals surface area (Å²) in [6.45, 7) is 1.45. The number of benzene rings is 2. The van der Waals surface area contributed by atoms with Gasteiger partial charge in [0.05, 0.1) is 24.5 Å². The average Bonchev–Trinajstić information content (AvgIpc) is 3.45. The highest BCUT2D eigenvalue weighted by Crippen LogP contribution is 2.36. The van der Waals surface area contributed by atoms with Crippen LogP contribution in [0.2, 0.25) is 5.02 Å². The molecule has 33 heavy (non-hydrogen) atoms. The first-order chi connectivity index (χ1) is 15.8. The average molecular weight is 473 g/mol. The highest BCUT2D eigenvalue weighted by atomic mass is 35.5. The number of nitrogens with one attached hydrogen (secondary N) is 1. The number of aromatic nitrogens is 5. The van der Waals surface area contributed by atoms with Crippen molar-refractivity contribution in [2.24, 2.45) is 0 Å². The van der Waals surface area contributed by atoms with E-state index in [1.807, 2.05) is 0 Å². The van der Waals surface area contributed by atoms with E-state index in [1.54, 1.807) is 31.2 Å². The fourth-order valence-corrected chi connectivity index (χ4v) is 3.61. The monoisotopic (exact) mass is 472 g/mol. The second-order valence-corrected chi connectivity index (χ2v) is 7.92. The second-order valence-electron chi connectivity index (χ2n) is 7.49. The topological polar surface area (TPSA) is 97.9 Å². The Morgan fingerprint density at radius 3 is 2.64 bits per heavy atom. The molecule has 0 bridgehead atoms. The fourth-order valence-electron chi connectivity index (χ4n) is 3.48. The van der Waals surface area contributed by atoms with Gasteiger partial charge in [0.1, 0.15) is 29.9 Å². The molecule has 170 valence electrons. The molecule has 4 rings (SSSR count). The van der Waals surface area contributed by atoms with Gasteiger partial charge in [0.25, 0.3) is 5.91 Å². The van der Waals surface area contributed by atoms with E-state index < -0.39 is 23.3 Å². The molecule has 0 radical (unpaired) electrons. The van der Waals surface area contributed by atoms with Gasteiger partial charge < -0.3 is 10.4 Å². The van der Waals surface area contributed by atoms with Gasteiger partial charge in [-0.25, -0.2) is 18.4 Å². The molecule has 2 aromatic carbocycles. The van der Waals surface area contributed by atoms with E-state index in [1.165, 1.54) is 40.5 Å². The predicted molar refractivity (Wildman–Crippen MR) is 117 cm³/mol. The molecular formula is C22H19ClF2N6O2. The maximum atomic E-state index is 14.7. The van der Waals surface area contributed by atoms with Gasteiger partial charge >= 0.3 is 0 Å². The Hall–Kier alpha value is -3.63. The Bertz CT molecular complexity index is 1260. The zero-order valence-corrected chi connectivity index (χ0v) is 18.1. The van der Waals surface area contributed by atoms with Crippen LogP contribution in [-0.2, 0) is 12.1 Å². The first-order valence-electron chi connectivity index (χ1n) is 9.87. The van der Waals surface area contributed by atoms with Crippen molar-refractivity contribution in [1.82, 2.24) is 24.5 Å². The number of hydrogen-bond donors (Lipinski definition) is 2. The summed E-state index contributed by atoms with van der Waals surface area (Å²) in [7, 11) is 0. The summed E-state index contributed by atoms with van der Waals surface area (Å²) in [5.41, 5.74) is -1.25. The molecule has 0 spiro atoms. The van der Waals surface area contributed by atoms with Crippen LogP contribution >= 0.6 is 11.6 Å². The molecule has 0 saturated heterocycles. The molecule has 0 aliphatic heterocycles. The third kappa shape index (κ3) is 4.76. The molecule has 4 aromatic rings. The smallest absolute Gasteiger partial charge is 0.255 e. The van der Waals surface area contributed by atoms with Crippen molar-refractivity contribution in [3.63, 3.8) is 0 Å². The van der Waals surface area contributed by atoms with E-state index in [0.29, 0.717) is 22.3 Å². The molecule has 0 saturated carbocycles. The standard InChI is InChI=1S/C22H19ClF2N6O2/c1-14(31-10-18(9-27-31)29-21(32)15-2-4-16(23)5-3-15)22(33,11-30-13-26-12-28-30)19-7-6-17(24)8-20(19)25/h2-10,12-14,33H,11H2,1H3,(H,29,32)/t14-,22-/m1/s1. The Morgan fingerprint density at radius 1 is 1.21 bits per heavy atom. The number of nitrogens with zero attached hydrogens (tertiary/aromatic N) is 5. The lowest BCUT2D eigenvalue weighted by Crippen LogP contribution is -2.40. The van der Waals surface area contributed by atoms with Gasteiger partial charge in [-0.3, -0.25) is 9.48 Å². The third-order valence-electron chi connectivity index (χ3n) is 5.32. The lowest BCUT2D eigenvalue weighted by Gasteiger charge is -2.34. The van der Waals surface area contributed by atoms with Gasteiger partial charge in [-0.1, -0.05) is 17.7 Å². The van der Waals surface area contributed by atoms with E-state index in [4.69, 9.17) is 11.6 Å². The number of hydrogen-bond acceptors (Lipinski definition) is 5. The summed E-state index contributed by atoms with van der Waals surface area (Å²) >= 11 is 5.85. The number of carbonyl (C=O) groups is 1. The van der Waals surface area contributed by atoms with E-state index in [2.05, 4.69) is 20.5 Å². The number of halogens is 3. The van der Waals surface area contributed by atoms with Crippen LogP contribution in [0.1, 0.15) is 28.9 Å². The Morgan fingerprint density at radius 2 is 1.97 bits per heavy atom. The van der Waals surface area contributed by atoms with Crippen LogP contribution in [0.15, 0.2) is 67.5 Å². The van der Waals surface area contributed by atoms with Crippen LogP contribution in [0.25, 0.3) is 0 Å². The molecule has 2 aromatic heterocycles. The SMILES string of the molecule is C[C@@H](n1cc(NC(=O)c2ccc(Cl)cc2)cn1)[C@](O)(Cn1cncn1)c1ccc(F)cc1F. The summed E-state index contributed by atoms with van der Waals surface area (Å²) in [4.78, 5) is 16.3. The van der Waals surface area contributed by atoms with Gasteiger partial charge in [0.2, 0.25) is 0 Å². The van der Waals surface area contributed by atoms with Gasteiger partial charge in [0, 0.05) is 28.4 Å². The lowest BCUT2D eigenvalue weighted by atomic mass is 9.86. The van der Waals surface area contributed by atoms with E-state index in [0.717, 1.165) is 6.07 Å². The number of anilines is 1. The molecule has 1 amide bonds. The molecule has 2 N–H and O–H groups in total. The van der Waals surface area contributed by atoms with Crippen LogP contribution in [0.4, 0.5) is 14.5 Å². The zero-order valence-electron chi connectivity index (χ0n) is 17.4. The largest absolute Gasteiger partial charge is 0.381 e. The maximum absolute atomic E-state index is 14.7. The molecule has 0 aliphatic carbocycles. The van der Waals surface area contributed by atoms with E-state index in [-0.39, 0.29) is 18.0 Å². The minimum absolute atomic E-state index is 0.130. The number of rotatable bonds is 7. The van der Waals surface area contributed by atoms with Crippen LogP contribution in [-0.4, -0.2) is 35.6 Å². The number of aliphatic hydroxyl groups is 1. The molecule has 0 unspecified atom stereocenters. The van der Waals surface area contributed by atoms with Crippen molar-refractivity contribution >= 4 is 23.2 Å². The lowest BCUT2D eigenvalue weighted by molar-refractivity contribution is -0.0368. The highest BCUT2D eigenvalue weighted by molar-refractivity contribution is 6.30. The van der Waals surface area contributed by atoms with Crippen molar-refractivity contribution in [3.05, 3.63) is 95.3 Å². The van der Waals surface area contributed by atoms with Gasteiger partial charge in [-0.2, -0.15) is 10.2 Å². The predicted octanol–water partition coefficient (Wildman–Crippen LogP) is 3.81. The highest BCUT2D eigenvalue weighted by Gasteiger charge is 2.40. The first-order valence-corrected chi connectivity index (χ1v) is 10.3. The molecule has 11 heteroatoms. The Balaban J connectivity index is 1.62. The third-order valence-corrected chi connectivity index (χ3v) is 5.57. The summed E-state index contributed by atoms with van der Waals surface area (Å²) < 4.78 is 30.9. The molecule has 2 atom stereocenters. The molecular weight excluding hydrogens is 454 g/mol. The molecule has 0 aliphatic rings. The normalized spacial score (nSPS) is 14.0. The van der Waals surface area contributed by atoms with Crippen LogP contribution in [0.5, 0.6) is 0 Å². The Kier molecular flexibility index (Phi) is 6.21. The van der Waals surface area contributed by atoms with Gasteiger partial charge in [0.15, 0.2) is 0 Å². The van der Waals surface area contributed by atoms with Crippen molar-refractivity contribution in [3.8, 4) is 0 Å². The number of amides is 1.